The minimum atomic E-state index is -4.55. The van der Waals surface area contributed by atoms with E-state index < -0.39 is 25.1 Å². The molecule has 0 amide bonds. The molecule has 0 aliphatic heterocycles. The van der Waals surface area contributed by atoms with Gasteiger partial charge in [-0.15, -0.1) is 3.63 Å². The van der Waals surface area contributed by atoms with Crippen LogP contribution in [0.25, 0.3) is 0 Å². The summed E-state index contributed by atoms with van der Waals surface area (Å²) in [5.41, 5.74) is 11.2. The van der Waals surface area contributed by atoms with Gasteiger partial charge in [0.15, 0.2) is 0 Å². The normalized spacial score (nSPS) is 12.2. The molecule has 0 spiro atoms. The van der Waals surface area contributed by atoms with Gasteiger partial charge in [0, 0.05) is 5.69 Å². The Labute approximate surface area is 122 Å². The van der Waals surface area contributed by atoms with E-state index in [4.69, 9.17) is 11.5 Å². The van der Waals surface area contributed by atoms with Crippen LogP contribution in [0, 0.1) is 0 Å². The van der Waals surface area contributed by atoms with Crippen molar-refractivity contribution < 1.29 is 20.5 Å². The Kier molecular flexibility index (Phi) is 3.90. The second-order valence-corrected chi connectivity index (χ2v) is 7.36. The maximum absolute atomic E-state index is 12.0. The van der Waals surface area contributed by atoms with Crippen molar-refractivity contribution in [1.82, 2.24) is 0 Å². The Morgan fingerprint density at radius 2 is 1.33 bits per heavy atom. The number of nitrogen functional groups attached to an aromatic ring is 2. The lowest BCUT2D eigenvalue weighted by atomic mass is 10.3. The molecule has 2 aromatic carbocycles. The Morgan fingerprint density at radius 1 is 0.762 bits per heavy atom. The van der Waals surface area contributed by atoms with Gasteiger partial charge >= 0.3 is 20.2 Å². The predicted molar refractivity (Wildman–Crippen MR) is 77.2 cm³/mol. The predicted octanol–water partition coefficient (Wildman–Crippen LogP) is 0.945. The van der Waals surface area contributed by atoms with Gasteiger partial charge in [0.2, 0.25) is 0 Å². The zero-order chi connectivity index (χ0) is 15.7. The van der Waals surface area contributed by atoms with Gasteiger partial charge in [0.05, 0.1) is 10.6 Å². The topological polar surface area (TPSA) is 130 Å². The lowest BCUT2D eigenvalue weighted by Gasteiger charge is -2.08. The highest BCUT2D eigenvalue weighted by molar-refractivity contribution is 8.00. The standard InChI is InChI=1S/C12H12N2O5S2/c13-9-5-7-10(8-6-9)20(15,16)19-21(17,18)12-4-2-1-3-11(12)14/h1-8H,13-14H2. The minimum absolute atomic E-state index is 0.106. The third-order valence-corrected chi connectivity index (χ3v) is 5.73. The molecule has 7 nitrogen and oxygen atoms in total. The van der Waals surface area contributed by atoms with E-state index in [1.807, 2.05) is 0 Å². The van der Waals surface area contributed by atoms with Crippen LogP contribution in [-0.4, -0.2) is 16.8 Å². The fourth-order valence-corrected chi connectivity index (χ4v) is 4.16. The van der Waals surface area contributed by atoms with Gasteiger partial charge in [-0.25, -0.2) is 0 Å². The Bertz CT molecular complexity index is 859. The van der Waals surface area contributed by atoms with Gasteiger partial charge in [-0.3, -0.25) is 0 Å². The minimum Gasteiger partial charge on any atom is -0.399 e. The number of anilines is 2. The van der Waals surface area contributed by atoms with E-state index in [0.717, 1.165) is 18.2 Å². The smallest absolute Gasteiger partial charge is 0.313 e. The SMILES string of the molecule is Nc1ccc(S(=O)(=O)OS(=O)(=O)c2ccccc2N)cc1. The van der Waals surface area contributed by atoms with Crippen LogP contribution in [-0.2, 0) is 23.9 Å². The summed E-state index contributed by atoms with van der Waals surface area (Å²) in [5.74, 6) is 0. The van der Waals surface area contributed by atoms with Crippen LogP contribution >= 0.6 is 0 Å². The monoisotopic (exact) mass is 328 g/mol. The summed E-state index contributed by atoms with van der Waals surface area (Å²) in [4.78, 5) is -0.737. The van der Waals surface area contributed by atoms with Crippen molar-refractivity contribution in [2.75, 3.05) is 11.5 Å². The van der Waals surface area contributed by atoms with Crippen LogP contribution in [0.2, 0.25) is 0 Å². The summed E-state index contributed by atoms with van der Waals surface area (Å²) in [6.45, 7) is 0. The van der Waals surface area contributed by atoms with E-state index in [2.05, 4.69) is 3.63 Å². The highest BCUT2D eigenvalue weighted by Crippen LogP contribution is 2.24. The molecule has 2 aromatic rings. The van der Waals surface area contributed by atoms with E-state index >= 15 is 0 Å². The number of hydrogen-bond acceptors (Lipinski definition) is 7. The molecule has 0 bridgehead atoms. The molecule has 0 atom stereocenters. The average Bonchev–Trinajstić information content (AvgIpc) is 2.38. The Morgan fingerprint density at radius 3 is 1.90 bits per heavy atom. The molecule has 0 unspecified atom stereocenters. The molecule has 4 N–H and O–H groups in total. The third-order valence-electron chi connectivity index (χ3n) is 2.54. The van der Waals surface area contributed by atoms with Crippen LogP contribution in [0.15, 0.2) is 58.3 Å². The molecule has 21 heavy (non-hydrogen) atoms. The lowest BCUT2D eigenvalue weighted by molar-refractivity contribution is 0.462. The van der Waals surface area contributed by atoms with Gasteiger partial charge in [-0.2, -0.15) is 16.8 Å². The fourth-order valence-electron chi connectivity index (χ4n) is 1.54. The first-order valence-corrected chi connectivity index (χ1v) is 8.45. The van der Waals surface area contributed by atoms with Gasteiger partial charge in [0.25, 0.3) is 0 Å². The molecule has 0 saturated heterocycles. The van der Waals surface area contributed by atoms with Crippen molar-refractivity contribution in [2.45, 2.75) is 9.79 Å². The van der Waals surface area contributed by atoms with Gasteiger partial charge in [-0.05, 0) is 36.4 Å². The van der Waals surface area contributed by atoms with Crippen molar-refractivity contribution in [2.24, 2.45) is 0 Å². The first kappa shape index (κ1) is 15.3. The van der Waals surface area contributed by atoms with Crippen molar-refractivity contribution in [1.29, 1.82) is 0 Å². The molecule has 0 aliphatic carbocycles. The highest BCUT2D eigenvalue weighted by Gasteiger charge is 2.28. The molecule has 9 heteroatoms. The molecule has 0 aliphatic rings. The second-order valence-electron chi connectivity index (χ2n) is 4.08. The van der Waals surface area contributed by atoms with E-state index in [-0.39, 0.29) is 10.6 Å². The second kappa shape index (κ2) is 5.35. The fraction of sp³-hybridized carbons (Fsp3) is 0. The molecule has 0 aromatic heterocycles. The maximum Gasteiger partial charge on any atom is 0.313 e. The van der Waals surface area contributed by atoms with Crippen LogP contribution in [0.1, 0.15) is 0 Å². The summed E-state index contributed by atoms with van der Waals surface area (Å²) in [6, 6.07) is 10.3. The molecule has 0 radical (unpaired) electrons. The third kappa shape index (κ3) is 3.32. The first-order valence-electron chi connectivity index (χ1n) is 5.63. The number of nitrogens with two attached hydrogens (primary N) is 2. The van der Waals surface area contributed by atoms with E-state index in [1.165, 1.54) is 30.3 Å². The Balaban J connectivity index is 2.41. The van der Waals surface area contributed by atoms with Gasteiger partial charge in [-0.1, -0.05) is 12.1 Å². The van der Waals surface area contributed by atoms with E-state index in [9.17, 15) is 16.8 Å². The molecule has 112 valence electrons. The van der Waals surface area contributed by atoms with Gasteiger partial charge in [0.1, 0.15) is 4.90 Å². The lowest BCUT2D eigenvalue weighted by Crippen LogP contribution is -2.15. The zero-order valence-electron chi connectivity index (χ0n) is 10.6. The molecule has 0 fully saturated rings. The highest BCUT2D eigenvalue weighted by atomic mass is 32.3. The number of hydrogen-bond donors (Lipinski definition) is 2. The molecule has 0 heterocycles. The number of rotatable bonds is 4. The van der Waals surface area contributed by atoms with Crippen LogP contribution in [0.5, 0.6) is 0 Å². The molecule has 0 saturated carbocycles. The van der Waals surface area contributed by atoms with Gasteiger partial charge < -0.3 is 11.5 Å². The first-order chi connectivity index (χ1) is 9.72. The van der Waals surface area contributed by atoms with Crippen LogP contribution < -0.4 is 11.5 Å². The summed E-state index contributed by atoms with van der Waals surface area (Å²) in [5, 5.41) is 0. The van der Waals surface area contributed by atoms with Crippen molar-refractivity contribution in [3.8, 4) is 0 Å². The molecular formula is C12H12N2O5S2. The average molecular weight is 328 g/mol. The quantitative estimate of drug-likeness (QED) is 0.799. The summed E-state index contributed by atoms with van der Waals surface area (Å²) in [6.07, 6.45) is 0. The number of para-hydroxylation sites is 1. The summed E-state index contributed by atoms with van der Waals surface area (Å²) < 4.78 is 52.3. The molecular weight excluding hydrogens is 316 g/mol. The van der Waals surface area contributed by atoms with Crippen LogP contribution in [0.3, 0.4) is 0 Å². The molecule has 2 rings (SSSR count). The van der Waals surface area contributed by atoms with Crippen LogP contribution in [0.4, 0.5) is 11.4 Å². The number of benzene rings is 2. The summed E-state index contributed by atoms with van der Waals surface area (Å²) in [7, 11) is -9.05. The largest absolute Gasteiger partial charge is 0.399 e. The Hall–Kier alpha value is -2.10. The van der Waals surface area contributed by atoms with Crippen molar-refractivity contribution in [3.05, 3.63) is 48.5 Å². The van der Waals surface area contributed by atoms with Crippen molar-refractivity contribution >= 4 is 31.6 Å². The van der Waals surface area contributed by atoms with Crippen molar-refractivity contribution in [3.63, 3.8) is 0 Å². The summed E-state index contributed by atoms with van der Waals surface area (Å²) >= 11 is 0. The van der Waals surface area contributed by atoms with E-state index in [0.29, 0.717) is 5.69 Å². The maximum atomic E-state index is 12.0. The van der Waals surface area contributed by atoms with E-state index in [1.54, 1.807) is 0 Å². The zero-order valence-corrected chi connectivity index (χ0v) is 12.3.